The molecule has 1 aliphatic heterocycles. The molecule has 0 fully saturated rings. The van der Waals surface area contributed by atoms with Gasteiger partial charge in [-0.25, -0.2) is 0 Å². The number of hydrogen-bond acceptors (Lipinski definition) is 3. The number of carbonyl (C=O) groups is 1. The van der Waals surface area contributed by atoms with Crippen LogP contribution < -0.4 is 10.1 Å². The van der Waals surface area contributed by atoms with Crippen LogP contribution in [-0.2, 0) is 17.6 Å². The van der Waals surface area contributed by atoms with Crippen molar-refractivity contribution in [3.05, 3.63) is 53.0 Å². The smallest absolute Gasteiger partial charge is 0.216 e. The van der Waals surface area contributed by atoms with Crippen molar-refractivity contribution < 1.29 is 13.9 Å². The third kappa shape index (κ3) is 2.44. The summed E-state index contributed by atoms with van der Waals surface area (Å²) < 4.78 is 11.0. The van der Waals surface area contributed by atoms with Gasteiger partial charge < -0.3 is 14.5 Å². The lowest BCUT2D eigenvalue weighted by molar-refractivity contribution is -0.118. The number of benzene rings is 1. The summed E-state index contributed by atoms with van der Waals surface area (Å²) in [6.07, 6.45) is 6.21. The van der Waals surface area contributed by atoms with Crippen molar-refractivity contribution in [3.63, 3.8) is 0 Å². The molecule has 2 heterocycles. The number of furan rings is 1. The van der Waals surface area contributed by atoms with Gasteiger partial charge in [0.05, 0.1) is 19.1 Å². The zero-order valence-electron chi connectivity index (χ0n) is 13.1. The summed E-state index contributed by atoms with van der Waals surface area (Å²) in [7, 11) is 0. The molecule has 0 atom stereocenters. The molecule has 2 aliphatic rings. The van der Waals surface area contributed by atoms with E-state index in [1.54, 1.807) is 19.5 Å². The second-order valence-corrected chi connectivity index (χ2v) is 6.05. The lowest BCUT2D eigenvalue weighted by atomic mass is 9.94. The number of ether oxygens (including phenoxy) is 1. The van der Waals surface area contributed by atoms with E-state index in [0.29, 0.717) is 6.54 Å². The first-order chi connectivity index (χ1) is 11.2. The van der Waals surface area contributed by atoms with Gasteiger partial charge in [-0.15, -0.1) is 0 Å². The molecule has 4 nitrogen and oxygen atoms in total. The molecule has 0 bridgehead atoms. The first-order valence-corrected chi connectivity index (χ1v) is 8.01. The van der Waals surface area contributed by atoms with Gasteiger partial charge >= 0.3 is 0 Å². The molecule has 23 heavy (non-hydrogen) atoms. The van der Waals surface area contributed by atoms with Crippen LogP contribution in [0.5, 0.6) is 5.75 Å². The average molecular weight is 309 g/mol. The van der Waals surface area contributed by atoms with E-state index in [9.17, 15) is 4.79 Å². The Morgan fingerprint density at radius 2 is 2.22 bits per heavy atom. The molecule has 1 aromatic heterocycles. The van der Waals surface area contributed by atoms with Crippen molar-refractivity contribution in [1.29, 1.82) is 0 Å². The summed E-state index contributed by atoms with van der Waals surface area (Å²) in [5, 5.41) is 2.91. The molecule has 2 aromatic rings. The van der Waals surface area contributed by atoms with Gasteiger partial charge in [-0.3, -0.25) is 4.79 Å². The highest BCUT2D eigenvalue weighted by Gasteiger charge is 2.29. The molecule has 0 unspecified atom stereocenters. The van der Waals surface area contributed by atoms with Crippen LogP contribution in [-0.4, -0.2) is 19.1 Å². The van der Waals surface area contributed by atoms with Gasteiger partial charge in [-0.1, -0.05) is 6.07 Å². The van der Waals surface area contributed by atoms with Crippen molar-refractivity contribution in [2.75, 3.05) is 13.2 Å². The molecule has 118 valence electrons. The molecule has 1 aliphatic carbocycles. The number of fused-ring (bicyclic) bond motifs is 3. The maximum Gasteiger partial charge on any atom is 0.216 e. The summed E-state index contributed by atoms with van der Waals surface area (Å²) in [6, 6.07) is 6.27. The zero-order valence-corrected chi connectivity index (χ0v) is 13.1. The number of nitrogens with one attached hydrogen (secondary N) is 1. The maximum atomic E-state index is 11.2. The molecular formula is C19H19NO3. The van der Waals surface area contributed by atoms with Crippen molar-refractivity contribution in [2.45, 2.75) is 26.2 Å². The van der Waals surface area contributed by atoms with E-state index in [-0.39, 0.29) is 5.91 Å². The van der Waals surface area contributed by atoms with Gasteiger partial charge in [-0.05, 0) is 47.2 Å². The Kier molecular flexibility index (Phi) is 3.45. The third-order valence-electron chi connectivity index (χ3n) is 4.62. The van der Waals surface area contributed by atoms with Crippen LogP contribution >= 0.6 is 0 Å². The summed E-state index contributed by atoms with van der Waals surface area (Å²) in [4.78, 5) is 11.2. The summed E-state index contributed by atoms with van der Waals surface area (Å²) in [5.41, 5.74) is 7.76. The Hall–Kier alpha value is -2.49. The van der Waals surface area contributed by atoms with E-state index in [2.05, 4.69) is 17.4 Å². The fraction of sp³-hybridized carbons (Fsp3) is 0.316. The topological polar surface area (TPSA) is 51.5 Å². The van der Waals surface area contributed by atoms with Gasteiger partial charge in [-0.2, -0.15) is 0 Å². The van der Waals surface area contributed by atoms with Crippen LogP contribution in [0.4, 0.5) is 0 Å². The van der Waals surface area contributed by atoms with E-state index >= 15 is 0 Å². The molecule has 0 spiro atoms. The van der Waals surface area contributed by atoms with Crippen LogP contribution in [0.2, 0.25) is 0 Å². The highest BCUT2D eigenvalue weighted by atomic mass is 16.5. The number of allylic oxidation sites excluding steroid dienone is 1. The SMILES string of the molecule is CC(=O)NCCC1=C(c2ccoc2)Cc2ccc3c(c21)CCO3. The number of hydrogen-bond donors (Lipinski definition) is 1. The minimum Gasteiger partial charge on any atom is -0.493 e. The second kappa shape index (κ2) is 5.61. The van der Waals surface area contributed by atoms with E-state index in [4.69, 9.17) is 9.15 Å². The predicted molar refractivity (Wildman–Crippen MR) is 88.2 cm³/mol. The van der Waals surface area contributed by atoms with Crippen LogP contribution in [0, 0.1) is 0 Å². The van der Waals surface area contributed by atoms with Gasteiger partial charge in [0.15, 0.2) is 0 Å². The first-order valence-electron chi connectivity index (χ1n) is 8.01. The highest BCUT2D eigenvalue weighted by Crippen LogP contribution is 2.45. The number of carbonyl (C=O) groups excluding carboxylic acids is 1. The van der Waals surface area contributed by atoms with E-state index in [0.717, 1.165) is 37.2 Å². The normalized spacial score (nSPS) is 15.3. The molecule has 1 amide bonds. The van der Waals surface area contributed by atoms with Crippen LogP contribution in [0.3, 0.4) is 0 Å². The molecule has 1 aromatic carbocycles. The van der Waals surface area contributed by atoms with Crippen LogP contribution in [0.25, 0.3) is 11.1 Å². The van der Waals surface area contributed by atoms with Gasteiger partial charge in [0, 0.05) is 31.0 Å². The van der Waals surface area contributed by atoms with Crippen molar-refractivity contribution in [1.82, 2.24) is 5.32 Å². The highest BCUT2D eigenvalue weighted by molar-refractivity contribution is 5.98. The van der Waals surface area contributed by atoms with Crippen LogP contribution in [0.1, 0.15) is 35.6 Å². The fourth-order valence-corrected chi connectivity index (χ4v) is 3.65. The van der Waals surface area contributed by atoms with Gasteiger partial charge in [0.1, 0.15) is 5.75 Å². The lowest BCUT2D eigenvalue weighted by Crippen LogP contribution is -2.21. The zero-order chi connectivity index (χ0) is 15.8. The monoisotopic (exact) mass is 309 g/mol. The first kappa shape index (κ1) is 14.1. The molecule has 0 saturated heterocycles. The van der Waals surface area contributed by atoms with E-state index < -0.39 is 0 Å². The predicted octanol–water partition coefficient (Wildman–Crippen LogP) is 3.21. The summed E-state index contributed by atoms with van der Waals surface area (Å²) in [5.74, 6) is 1.02. The van der Waals surface area contributed by atoms with Gasteiger partial charge in [0.25, 0.3) is 0 Å². The van der Waals surface area contributed by atoms with E-state index in [1.807, 2.05) is 6.07 Å². The number of amides is 1. The molecule has 1 N–H and O–H groups in total. The lowest BCUT2D eigenvalue weighted by Gasteiger charge is -2.12. The van der Waals surface area contributed by atoms with Crippen LogP contribution in [0.15, 0.2) is 35.1 Å². The second-order valence-electron chi connectivity index (χ2n) is 6.05. The van der Waals surface area contributed by atoms with Gasteiger partial charge in [0.2, 0.25) is 5.91 Å². The molecule has 0 radical (unpaired) electrons. The average Bonchev–Trinajstić information content (AvgIpc) is 3.25. The Bertz CT molecular complexity index is 787. The molecular weight excluding hydrogens is 290 g/mol. The Morgan fingerprint density at radius 3 is 3.00 bits per heavy atom. The molecule has 4 rings (SSSR count). The van der Waals surface area contributed by atoms with Crippen molar-refractivity contribution >= 4 is 17.1 Å². The van der Waals surface area contributed by atoms with Crippen molar-refractivity contribution in [3.8, 4) is 5.75 Å². The Labute approximate surface area is 135 Å². The van der Waals surface area contributed by atoms with Crippen molar-refractivity contribution in [2.24, 2.45) is 0 Å². The minimum absolute atomic E-state index is 0.00954. The summed E-state index contributed by atoms with van der Waals surface area (Å²) in [6.45, 7) is 2.96. The Morgan fingerprint density at radius 1 is 1.30 bits per heavy atom. The Balaban J connectivity index is 1.77. The largest absolute Gasteiger partial charge is 0.493 e. The maximum absolute atomic E-state index is 11.2. The minimum atomic E-state index is 0.00954. The molecule has 4 heteroatoms. The quantitative estimate of drug-likeness (QED) is 0.943. The van der Waals surface area contributed by atoms with E-state index in [1.165, 1.54) is 27.8 Å². The fourth-order valence-electron chi connectivity index (χ4n) is 3.65. The standard InChI is InChI=1S/C19H19NO3/c1-12(21)20-7-4-15-17(14-5-8-22-11-14)10-13-2-3-18-16(19(13)15)6-9-23-18/h2-3,5,8,11H,4,6-7,9-10H2,1H3,(H,20,21). The third-order valence-corrected chi connectivity index (χ3v) is 4.62. The molecule has 0 saturated carbocycles. The summed E-state index contributed by atoms with van der Waals surface area (Å²) >= 11 is 0. The number of rotatable bonds is 4.